The topological polar surface area (TPSA) is 56.9 Å². The van der Waals surface area contributed by atoms with Gasteiger partial charge in [-0.25, -0.2) is 0 Å². The Morgan fingerprint density at radius 3 is 2.73 bits per heavy atom. The number of nitrogens with zero attached hydrogens (tertiary/aromatic N) is 2. The van der Waals surface area contributed by atoms with E-state index < -0.39 is 5.60 Å². The van der Waals surface area contributed by atoms with Crippen molar-refractivity contribution >= 4 is 11.6 Å². The molecule has 2 aromatic rings. The zero-order valence-corrected chi connectivity index (χ0v) is 18.5. The summed E-state index contributed by atoms with van der Waals surface area (Å²) in [5.41, 5.74) is 3.57. The van der Waals surface area contributed by atoms with Gasteiger partial charge in [-0.3, -0.25) is 4.98 Å². The van der Waals surface area contributed by atoms with Crippen molar-refractivity contribution in [3.05, 3.63) is 63.9 Å². The third kappa shape index (κ3) is 2.77. The number of pyridine rings is 1. The monoisotopic (exact) mass is 420 g/mol. The number of aliphatic hydroxyl groups is 1. The lowest BCUT2D eigenvalue weighted by Crippen LogP contribution is -2.54. The summed E-state index contributed by atoms with van der Waals surface area (Å²) >= 11 is 6.61. The first kappa shape index (κ1) is 20.0. The number of halogens is 1. The molecule has 156 valence electrons. The Hall–Kier alpha value is -1.89. The zero-order valence-electron chi connectivity index (χ0n) is 17.7. The van der Waals surface area contributed by atoms with Crippen molar-refractivity contribution in [2.24, 2.45) is 23.2 Å². The third-order valence-electron chi connectivity index (χ3n) is 8.82. The summed E-state index contributed by atoms with van der Waals surface area (Å²) in [5, 5.41) is 22.0. The molecule has 4 heteroatoms. The number of hydrogen-bond donors (Lipinski definition) is 1. The lowest BCUT2D eigenvalue weighted by atomic mass is 9.50. The summed E-state index contributed by atoms with van der Waals surface area (Å²) in [6.45, 7) is 4.70. The van der Waals surface area contributed by atoms with Crippen LogP contribution in [0.25, 0.3) is 0 Å². The molecule has 2 fully saturated rings. The molecular weight excluding hydrogens is 392 g/mol. The normalized spacial score (nSPS) is 37.0. The molecule has 0 bridgehead atoms. The number of fused-ring (bicyclic) bond motifs is 5. The summed E-state index contributed by atoms with van der Waals surface area (Å²) in [6, 6.07) is 10.4. The van der Waals surface area contributed by atoms with Crippen LogP contribution in [0.2, 0.25) is 5.02 Å². The molecule has 0 radical (unpaired) electrons. The number of nitriles is 1. The van der Waals surface area contributed by atoms with Crippen molar-refractivity contribution in [2.75, 3.05) is 0 Å². The Morgan fingerprint density at radius 2 is 2.00 bits per heavy atom. The standard InChI is InChI=1S/C26H29ClN2O/c1-16-13-25(2)22(7-10-26(25,30)14-17-8-11-29-12-9-17)21-6-5-20-19(23(16)21)4-3-18(15-28)24(20)27/h3-4,8-9,11-12,16,21-23,30H,5-7,10,13-14H2,1-2H3/t16-,21?,22?,23?,25-,26+/m0/s1. The van der Waals surface area contributed by atoms with E-state index >= 15 is 0 Å². The molecule has 1 N–H and O–H groups in total. The highest BCUT2D eigenvalue weighted by atomic mass is 35.5. The van der Waals surface area contributed by atoms with Gasteiger partial charge in [0, 0.05) is 24.2 Å². The largest absolute Gasteiger partial charge is 0.389 e. The maximum Gasteiger partial charge on any atom is 0.101 e. The molecule has 1 aromatic carbocycles. The molecule has 2 saturated carbocycles. The third-order valence-corrected chi connectivity index (χ3v) is 9.25. The molecule has 3 nitrogen and oxygen atoms in total. The Balaban J connectivity index is 1.51. The van der Waals surface area contributed by atoms with Gasteiger partial charge >= 0.3 is 0 Å². The van der Waals surface area contributed by atoms with Crippen LogP contribution in [0.5, 0.6) is 0 Å². The van der Waals surface area contributed by atoms with E-state index in [0.717, 1.165) is 32.1 Å². The van der Waals surface area contributed by atoms with Crippen LogP contribution in [0.3, 0.4) is 0 Å². The molecule has 0 amide bonds. The molecule has 0 aliphatic heterocycles. The van der Waals surface area contributed by atoms with Crippen molar-refractivity contribution in [1.82, 2.24) is 4.98 Å². The molecule has 30 heavy (non-hydrogen) atoms. The maximum atomic E-state index is 11.9. The summed E-state index contributed by atoms with van der Waals surface area (Å²) < 4.78 is 0. The average Bonchev–Trinajstić information content (AvgIpc) is 2.99. The smallest absolute Gasteiger partial charge is 0.101 e. The second-order valence-electron chi connectivity index (χ2n) is 10.1. The Labute approximate surface area is 184 Å². The quantitative estimate of drug-likeness (QED) is 0.679. The molecule has 0 saturated heterocycles. The van der Waals surface area contributed by atoms with Gasteiger partial charge in [-0.1, -0.05) is 31.5 Å². The molecule has 3 aliphatic carbocycles. The Morgan fingerprint density at radius 1 is 1.23 bits per heavy atom. The van der Waals surface area contributed by atoms with Crippen LogP contribution in [0.1, 0.15) is 67.7 Å². The molecule has 1 aromatic heterocycles. The Bertz CT molecular complexity index is 1020. The minimum absolute atomic E-state index is 0.0786. The SMILES string of the molecule is C[C@H]1C[C@@]2(C)C(CC[C@@]2(O)Cc2ccncc2)C2CCc3c(ccc(C#N)c3Cl)C21. The van der Waals surface area contributed by atoms with E-state index in [4.69, 9.17) is 11.6 Å². The molecule has 3 unspecified atom stereocenters. The van der Waals surface area contributed by atoms with Crippen LogP contribution >= 0.6 is 11.6 Å². The average molecular weight is 421 g/mol. The van der Waals surface area contributed by atoms with Gasteiger partial charge in [0.1, 0.15) is 6.07 Å². The number of hydrogen-bond acceptors (Lipinski definition) is 3. The minimum Gasteiger partial charge on any atom is -0.389 e. The first-order chi connectivity index (χ1) is 14.4. The second kappa shape index (κ2) is 7.08. The zero-order chi connectivity index (χ0) is 21.1. The predicted molar refractivity (Wildman–Crippen MR) is 118 cm³/mol. The molecule has 3 aliphatic rings. The highest BCUT2D eigenvalue weighted by molar-refractivity contribution is 6.32. The molecule has 0 spiro atoms. The van der Waals surface area contributed by atoms with E-state index in [1.54, 1.807) is 0 Å². The van der Waals surface area contributed by atoms with Crippen LogP contribution in [0.4, 0.5) is 0 Å². The Kier molecular flexibility index (Phi) is 4.73. The van der Waals surface area contributed by atoms with Crippen molar-refractivity contribution in [2.45, 2.75) is 63.9 Å². The van der Waals surface area contributed by atoms with E-state index in [2.05, 4.69) is 31.0 Å². The fourth-order valence-electron chi connectivity index (χ4n) is 7.49. The van der Waals surface area contributed by atoms with Gasteiger partial charge in [-0.15, -0.1) is 0 Å². The van der Waals surface area contributed by atoms with Crippen molar-refractivity contribution in [3.8, 4) is 6.07 Å². The number of aromatic nitrogens is 1. The van der Waals surface area contributed by atoms with E-state index in [1.165, 1.54) is 16.7 Å². The fourth-order valence-corrected chi connectivity index (χ4v) is 7.79. The van der Waals surface area contributed by atoms with Crippen molar-refractivity contribution < 1.29 is 5.11 Å². The van der Waals surface area contributed by atoms with Crippen LogP contribution in [0.15, 0.2) is 36.7 Å². The van der Waals surface area contributed by atoms with Gasteiger partial charge in [-0.2, -0.15) is 5.26 Å². The van der Waals surface area contributed by atoms with E-state index in [-0.39, 0.29) is 5.41 Å². The van der Waals surface area contributed by atoms with Crippen molar-refractivity contribution in [3.63, 3.8) is 0 Å². The summed E-state index contributed by atoms with van der Waals surface area (Å²) in [4.78, 5) is 4.14. The number of rotatable bonds is 2. The first-order valence-corrected chi connectivity index (χ1v) is 11.6. The van der Waals surface area contributed by atoms with E-state index in [0.29, 0.717) is 40.7 Å². The van der Waals surface area contributed by atoms with E-state index in [9.17, 15) is 10.4 Å². The van der Waals surface area contributed by atoms with Crippen LogP contribution in [0, 0.1) is 34.5 Å². The fraction of sp³-hybridized carbons (Fsp3) is 0.538. The van der Waals surface area contributed by atoms with E-state index in [1.807, 2.05) is 30.6 Å². The van der Waals surface area contributed by atoms with Gasteiger partial charge in [0.25, 0.3) is 0 Å². The van der Waals surface area contributed by atoms with Crippen LogP contribution in [-0.2, 0) is 12.8 Å². The van der Waals surface area contributed by atoms with Crippen LogP contribution < -0.4 is 0 Å². The lowest BCUT2D eigenvalue weighted by Gasteiger charge is -2.56. The lowest BCUT2D eigenvalue weighted by molar-refractivity contribution is -0.115. The highest BCUT2D eigenvalue weighted by Crippen LogP contribution is 2.66. The molecular formula is C26H29ClN2O. The van der Waals surface area contributed by atoms with Gasteiger partial charge in [0.05, 0.1) is 16.2 Å². The minimum atomic E-state index is -0.666. The number of benzene rings is 1. The van der Waals surface area contributed by atoms with Gasteiger partial charge < -0.3 is 5.11 Å². The summed E-state index contributed by atoms with van der Waals surface area (Å²) in [6.07, 6.45) is 9.38. The maximum absolute atomic E-state index is 11.9. The van der Waals surface area contributed by atoms with Crippen LogP contribution in [-0.4, -0.2) is 15.7 Å². The predicted octanol–water partition coefficient (Wildman–Crippen LogP) is 5.68. The first-order valence-electron chi connectivity index (χ1n) is 11.2. The summed E-state index contributed by atoms with van der Waals surface area (Å²) in [7, 11) is 0. The van der Waals surface area contributed by atoms with Crippen molar-refractivity contribution in [1.29, 1.82) is 5.26 Å². The van der Waals surface area contributed by atoms with Gasteiger partial charge in [0.15, 0.2) is 0 Å². The second-order valence-corrected chi connectivity index (χ2v) is 10.5. The van der Waals surface area contributed by atoms with Gasteiger partial charge in [-0.05, 0) is 90.7 Å². The summed E-state index contributed by atoms with van der Waals surface area (Å²) in [5.74, 6) is 2.04. The molecule has 5 rings (SSSR count). The highest BCUT2D eigenvalue weighted by Gasteiger charge is 2.62. The molecule has 6 atom stereocenters. The van der Waals surface area contributed by atoms with Gasteiger partial charge in [0.2, 0.25) is 0 Å². The molecule has 1 heterocycles.